The average molecular weight is 391 g/mol. The van der Waals surface area contributed by atoms with Gasteiger partial charge in [0.15, 0.2) is 0 Å². The number of sulfonamides is 1. The zero-order valence-corrected chi connectivity index (χ0v) is 16.8. The summed E-state index contributed by atoms with van der Waals surface area (Å²) < 4.78 is 28.8. The van der Waals surface area contributed by atoms with Gasteiger partial charge in [0.1, 0.15) is 0 Å². The number of carbonyl (C=O) groups excluding carboxylic acids is 1. The highest BCUT2D eigenvalue weighted by Gasteiger charge is 2.28. The maximum Gasteiger partial charge on any atom is 0.253 e. The number of carbonyl (C=O) groups is 1. The van der Waals surface area contributed by atoms with E-state index in [-0.39, 0.29) is 10.8 Å². The quantitative estimate of drug-likeness (QED) is 0.784. The molecule has 0 saturated carbocycles. The Labute approximate surface area is 160 Å². The molecule has 1 aromatic carbocycles. The molecule has 146 valence electrons. The number of hydrogen-bond donors (Lipinski definition) is 0. The fourth-order valence-corrected chi connectivity index (χ4v) is 4.73. The summed E-state index contributed by atoms with van der Waals surface area (Å²) in [6, 6.07) is 6.22. The van der Waals surface area contributed by atoms with Crippen LogP contribution in [0.2, 0.25) is 0 Å². The van der Waals surface area contributed by atoms with Gasteiger partial charge in [0.25, 0.3) is 5.91 Å². The van der Waals surface area contributed by atoms with Crippen molar-refractivity contribution >= 4 is 15.9 Å². The first-order chi connectivity index (χ1) is 12.8. The van der Waals surface area contributed by atoms with E-state index in [9.17, 15) is 13.2 Å². The van der Waals surface area contributed by atoms with E-state index in [1.165, 1.54) is 12.1 Å². The highest BCUT2D eigenvalue weighted by molar-refractivity contribution is 7.89. The molecular formula is C19H26N4O3S. The van der Waals surface area contributed by atoms with Crippen molar-refractivity contribution in [3.63, 3.8) is 0 Å². The van der Waals surface area contributed by atoms with Gasteiger partial charge in [-0.2, -0.15) is 9.40 Å². The van der Waals surface area contributed by atoms with Crippen LogP contribution < -0.4 is 0 Å². The van der Waals surface area contributed by atoms with Crippen LogP contribution in [0.5, 0.6) is 0 Å². The van der Waals surface area contributed by atoms with Gasteiger partial charge in [-0.15, -0.1) is 0 Å². The van der Waals surface area contributed by atoms with Gasteiger partial charge in [0, 0.05) is 51.1 Å². The van der Waals surface area contributed by atoms with Crippen molar-refractivity contribution in [1.29, 1.82) is 0 Å². The lowest BCUT2D eigenvalue weighted by atomic mass is 10.0. The molecule has 1 aliphatic rings. The molecule has 2 aromatic rings. The lowest BCUT2D eigenvalue weighted by Gasteiger charge is -2.29. The maximum atomic E-state index is 12.8. The summed E-state index contributed by atoms with van der Waals surface area (Å²) in [7, 11) is 0.0475. The zero-order chi connectivity index (χ0) is 19.6. The summed E-state index contributed by atoms with van der Waals surface area (Å²) >= 11 is 0. The Balaban J connectivity index is 1.69. The molecule has 1 amide bonds. The minimum Gasteiger partial charge on any atom is -0.337 e. The minimum atomic E-state index is -3.50. The maximum absolute atomic E-state index is 12.8. The van der Waals surface area contributed by atoms with Crippen LogP contribution in [0.15, 0.2) is 41.6 Å². The monoisotopic (exact) mass is 390 g/mol. The number of aromatic nitrogens is 2. The van der Waals surface area contributed by atoms with Gasteiger partial charge in [-0.3, -0.25) is 9.48 Å². The van der Waals surface area contributed by atoms with Crippen molar-refractivity contribution in [3.8, 4) is 0 Å². The third-order valence-electron chi connectivity index (χ3n) is 5.01. The molecule has 0 aliphatic carbocycles. The molecule has 3 rings (SSSR count). The smallest absolute Gasteiger partial charge is 0.253 e. The Kier molecular flexibility index (Phi) is 5.67. The molecule has 0 unspecified atom stereocenters. The van der Waals surface area contributed by atoms with E-state index in [0.29, 0.717) is 31.1 Å². The van der Waals surface area contributed by atoms with Crippen LogP contribution in [0.4, 0.5) is 0 Å². The van der Waals surface area contributed by atoms with Crippen LogP contribution >= 0.6 is 0 Å². The first kappa shape index (κ1) is 19.6. The van der Waals surface area contributed by atoms with Gasteiger partial charge >= 0.3 is 0 Å². The van der Waals surface area contributed by atoms with Crippen molar-refractivity contribution in [2.24, 2.45) is 13.0 Å². The molecular weight excluding hydrogens is 364 g/mol. The number of aryl methyl sites for hydroxylation is 1. The number of benzene rings is 1. The molecule has 7 nitrogen and oxygen atoms in total. The van der Waals surface area contributed by atoms with Crippen LogP contribution in [0.3, 0.4) is 0 Å². The highest BCUT2D eigenvalue weighted by Crippen LogP contribution is 2.23. The Hall–Kier alpha value is -2.19. The SMILES string of the molecule is CC1CCN(S(=O)(=O)c2ccc(C(=O)N(C)Cc3cnn(C)c3)cc2)CC1. The predicted octanol–water partition coefficient (Wildman–Crippen LogP) is 2.11. The Morgan fingerprint density at radius 3 is 2.41 bits per heavy atom. The molecule has 0 bridgehead atoms. The normalized spacial score (nSPS) is 16.4. The molecule has 1 saturated heterocycles. The van der Waals surface area contributed by atoms with Crippen LogP contribution in [-0.4, -0.2) is 53.4 Å². The standard InChI is InChI=1S/C19H26N4O3S/c1-15-8-10-23(11-9-15)27(25,26)18-6-4-17(5-7-18)19(24)21(2)13-16-12-20-22(3)14-16/h4-7,12,14-15H,8-11,13H2,1-3H3. The Bertz CT molecular complexity index is 897. The van der Waals surface area contributed by atoms with E-state index in [4.69, 9.17) is 0 Å². The van der Waals surface area contributed by atoms with E-state index in [2.05, 4.69) is 12.0 Å². The Morgan fingerprint density at radius 2 is 1.85 bits per heavy atom. The van der Waals surface area contributed by atoms with E-state index in [1.54, 1.807) is 39.3 Å². The van der Waals surface area contributed by atoms with E-state index in [1.807, 2.05) is 13.2 Å². The number of nitrogens with zero attached hydrogens (tertiary/aromatic N) is 4. The van der Waals surface area contributed by atoms with Crippen molar-refractivity contribution in [1.82, 2.24) is 19.0 Å². The fourth-order valence-electron chi connectivity index (χ4n) is 3.26. The van der Waals surface area contributed by atoms with Crippen molar-refractivity contribution < 1.29 is 13.2 Å². The van der Waals surface area contributed by atoms with Gasteiger partial charge < -0.3 is 4.90 Å². The van der Waals surface area contributed by atoms with Gasteiger partial charge in [0.05, 0.1) is 11.1 Å². The molecule has 0 atom stereocenters. The van der Waals surface area contributed by atoms with Gasteiger partial charge in [0.2, 0.25) is 10.0 Å². The average Bonchev–Trinajstić information content (AvgIpc) is 3.06. The van der Waals surface area contributed by atoms with Gasteiger partial charge in [-0.25, -0.2) is 8.42 Å². The second kappa shape index (κ2) is 7.82. The third-order valence-corrected chi connectivity index (χ3v) is 6.92. The van der Waals surface area contributed by atoms with Crippen LogP contribution in [0.1, 0.15) is 35.7 Å². The molecule has 8 heteroatoms. The summed E-state index contributed by atoms with van der Waals surface area (Å²) in [6.45, 7) is 3.70. The van der Waals surface area contributed by atoms with Crippen LogP contribution in [0, 0.1) is 5.92 Å². The number of rotatable bonds is 5. The largest absolute Gasteiger partial charge is 0.337 e. The molecule has 0 N–H and O–H groups in total. The summed E-state index contributed by atoms with van der Waals surface area (Å²) in [4.78, 5) is 14.4. The minimum absolute atomic E-state index is 0.158. The molecule has 1 aromatic heterocycles. The lowest BCUT2D eigenvalue weighted by Crippen LogP contribution is -2.37. The van der Waals surface area contributed by atoms with E-state index < -0.39 is 10.0 Å². The summed E-state index contributed by atoms with van der Waals surface area (Å²) in [5.74, 6) is 0.404. The number of piperidine rings is 1. The molecule has 2 heterocycles. The highest BCUT2D eigenvalue weighted by atomic mass is 32.2. The van der Waals surface area contributed by atoms with Gasteiger partial charge in [-0.1, -0.05) is 6.92 Å². The Morgan fingerprint density at radius 1 is 1.22 bits per heavy atom. The first-order valence-corrected chi connectivity index (χ1v) is 10.5. The van der Waals surface area contributed by atoms with Crippen molar-refractivity contribution in [3.05, 3.63) is 47.8 Å². The predicted molar refractivity (Wildman–Crippen MR) is 103 cm³/mol. The van der Waals surface area contributed by atoms with Crippen LogP contribution in [-0.2, 0) is 23.6 Å². The molecule has 1 fully saturated rings. The zero-order valence-electron chi connectivity index (χ0n) is 16.0. The van der Waals surface area contributed by atoms with Crippen molar-refractivity contribution in [2.45, 2.75) is 31.2 Å². The van der Waals surface area contributed by atoms with Crippen LogP contribution in [0.25, 0.3) is 0 Å². The fraction of sp³-hybridized carbons (Fsp3) is 0.474. The molecule has 0 radical (unpaired) electrons. The van der Waals surface area contributed by atoms with Gasteiger partial charge in [-0.05, 0) is 43.0 Å². The van der Waals surface area contributed by atoms with E-state index in [0.717, 1.165) is 18.4 Å². The number of hydrogen-bond acceptors (Lipinski definition) is 4. The topological polar surface area (TPSA) is 75.5 Å². The second-order valence-corrected chi connectivity index (χ2v) is 9.23. The second-order valence-electron chi connectivity index (χ2n) is 7.29. The lowest BCUT2D eigenvalue weighted by molar-refractivity contribution is 0.0785. The first-order valence-electron chi connectivity index (χ1n) is 9.10. The molecule has 1 aliphatic heterocycles. The summed E-state index contributed by atoms with van der Waals surface area (Å²) in [5, 5.41) is 4.10. The number of amides is 1. The van der Waals surface area contributed by atoms with E-state index >= 15 is 0 Å². The summed E-state index contributed by atoms with van der Waals surface area (Å²) in [5.41, 5.74) is 1.40. The summed E-state index contributed by atoms with van der Waals surface area (Å²) in [6.07, 6.45) is 5.35. The van der Waals surface area contributed by atoms with Crippen molar-refractivity contribution in [2.75, 3.05) is 20.1 Å². The molecule has 27 heavy (non-hydrogen) atoms. The third kappa shape index (κ3) is 4.39. The molecule has 0 spiro atoms.